The molecule has 0 unspecified atom stereocenters. The molecule has 0 amide bonds. The minimum Gasteiger partial charge on any atom is -0.348 e. The van der Waals surface area contributed by atoms with E-state index in [0.29, 0.717) is 23.4 Å². The SMILES string of the molecule is N#Cc1ccnc(-c2nc[nH]c2Cc2ccc(F)cc2)c1. The third-order valence-corrected chi connectivity index (χ3v) is 3.14. The van der Waals surface area contributed by atoms with Crippen LogP contribution in [0.4, 0.5) is 4.39 Å². The first-order chi connectivity index (χ1) is 10.3. The van der Waals surface area contributed by atoms with Gasteiger partial charge < -0.3 is 4.98 Å². The Morgan fingerprint density at radius 1 is 1.14 bits per heavy atom. The van der Waals surface area contributed by atoms with E-state index in [9.17, 15) is 4.39 Å². The van der Waals surface area contributed by atoms with Crippen LogP contribution in [-0.4, -0.2) is 15.0 Å². The Balaban J connectivity index is 1.93. The predicted molar refractivity (Wildman–Crippen MR) is 75.7 cm³/mol. The van der Waals surface area contributed by atoms with Gasteiger partial charge in [0.15, 0.2) is 0 Å². The van der Waals surface area contributed by atoms with Crippen LogP contribution in [0.2, 0.25) is 0 Å². The van der Waals surface area contributed by atoms with E-state index in [0.717, 1.165) is 11.3 Å². The fraction of sp³-hybridized carbons (Fsp3) is 0.0625. The highest BCUT2D eigenvalue weighted by atomic mass is 19.1. The summed E-state index contributed by atoms with van der Waals surface area (Å²) >= 11 is 0. The second-order valence-corrected chi connectivity index (χ2v) is 4.57. The summed E-state index contributed by atoms with van der Waals surface area (Å²) in [5, 5.41) is 8.95. The van der Waals surface area contributed by atoms with Crippen molar-refractivity contribution in [3.63, 3.8) is 0 Å². The molecular weight excluding hydrogens is 267 g/mol. The van der Waals surface area contributed by atoms with Crippen LogP contribution in [0, 0.1) is 17.1 Å². The first-order valence-electron chi connectivity index (χ1n) is 6.39. The van der Waals surface area contributed by atoms with Crippen LogP contribution in [0.15, 0.2) is 48.9 Å². The van der Waals surface area contributed by atoms with Crippen LogP contribution in [-0.2, 0) is 6.42 Å². The number of nitriles is 1. The molecule has 0 bridgehead atoms. The molecule has 5 heteroatoms. The molecule has 4 nitrogen and oxygen atoms in total. The Labute approximate surface area is 120 Å². The highest BCUT2D eigenvalue weighted by molar-refractivity contribution is 5.59. The molecule has 0 aliphatic carbocycles. The maximum Gasteiger partial charge on any atom is 0.123 e. The molecule has 0 aliphatic heterocycles. The van der Waals surface area contributed by atoms with Crippen LogP contribution in [0.5, 0.6) is 0 Å². The van der Waals surface area contributed by atoms with Crippen LogP contribution >= 0.6 is 0 Å². The number of hydrogen-bond donors (Lipinski definition) is 1. The van der Waals surface area contributed by atoms with E-state index < -0.39 is 0 Å². The summed E-state index contributed by atoms with van der Waals surface area (Å²) in [6, 6.07) is 11.8. The Kier molecular flexibility index (Phi) is 3.44. The van der Waals surface area contributed by atoms with Gasteiger partial charge >= 0.3 is 0 Å². The van der Waals surface area contributed by atoms with Crippen molar-refractivity contribution in [1.82, 2.24) is 15.0 Å². The number of H-pyrrole nitrogens is 1. The van der Waals surface area contributed by atoms with Gasteiger partial charge in [-0.1, -0.05) is 12.1 Å². The summed E-state index contributed by atoms with van der Waals surface area (Å²) in [4.78, 5) is 11.6. The van der Waals surface area contributed by atoms with Crippen LogP contribution < -0.4 is 0 Å². The van der Waals surface area contributed by atoms with E-state index in [2.05, 4.69) is 21.0 Å². The summed E-state index contributed by atoms with van der Waals surface area (Å²) in [7, 11) is 0. The highest BCUT2D eigenvalue weighted by Gasteiger charge is 2.11. The first kappa shape index (κ1) is 13.0. The molecule has 21 heavy (non-hydrogen) atoms. The Bertz CT molecular complexity index is 800. The predicted octanol–water partition coefficient (Wildman–Crippen LogP) is 3.07. The second-order valence-electron chi connectivity index (χ2n) is 4.57. The summed E-state index contributed by atoms with van der Waals surface area (Å²) in [5.74, 6) is -0.257. The van der Waals surface area contributed by atoms with Gasteiger partial charge in [-0.25, -0.2) is 9.37 Å². The van der Waals surface area contributed by atoms with Gasteiger partial charge in [-0.05, 0) is 29.8 Å². The number of imidazole rings is 1. The van der Waals surface area contributed by atoms with Crippen LogP contribution in [0.3, 0.4) is 0 Å². The van der Waals surface area contributed by atoms with Gasteiger partial charge in [0.2, 0.25) is 0 Å². The number of rotatable bonds is 3. The minimum absolute atomic E-state index is 0.257. The average molecular weight is 278 g/mol. The molecule has 3 rings (SSSR count). The first-order valence-corrected chi connectivity index (χ1v) is 6.39. The molecule has 2 aromatic heterocycles. The molecule has 2 heterocycles. The van der Waals surface area contributed by atoms with Crippen molar-refractivity contribution in [3.8, 4) is 17.5 Å². The highest BCUT2D eigenvalue weighted by Crippen LogP contribution is 2.21. The molecule has 0 atom stereocenters. The lowest BCUT2D eigenvalue weighted by atomic mass is 10.1. The van der Waals surface area contributed by atoms with E-state index in [-0.39, 0.29) is 5.82 Å². The van der Waals surface area contributed by atoms with Crippen LogP contribution in [0.1, 0.15) is 16.8 Å². The van der Waals surface area contributed by atoms with E-state index >= 15 is 0 Å². The Morgan fingerprint density at radius 2 is 1.95 bits per heavy atom. The lowest BCUT2D eigenvalue weighted by molar-refractivity contribution is 0.627. The molecule has 3 aromatic rings. The maximum atomic E-state index is 12.9. The quantitative estimate of drug-likeness (QED) is 0.800. The van der Waals surface area contributed by atoms with Crippen molar-refractivity contribution in [2.45, 2.75) is 6.42 Å². The zero-order valence-electron chi connectivity index (χ0n) is 11.0. The van der Waals surface area contributed by atoms with Crippen molar-refractivity contribution in [2.75, 3.05) is 0 Å². The van der Waals surface area contributed by atoms with Gasteiger partial charge in [0.1, 0.15) is 11.5 Å². The molecule has 0 radical (unpaired) electrons. The molecule has 0 fully saturated rings. The van der Waals surface area contributed by atoms with Crippen molar-refractivity contribution in [2.24, 2.45) is 0 Å². The van der Waals surface area contributed by atoms with Gasteiger partial charge in [-0.3, -0.25) is 4.98 Å². The number of hydrogen-bond acceptors (Lipinski definition) is 3. The van der Waals surface area contributed by atoms with E-state index in [1.165, 1.54) is 12.1 Å². The number of halogens is 1. The Morgan fingerprint density at radius 3 is 2.71 bits per heavy atom. The molecule has 1 aromatic carbocycles. The van der Waals surface area contributed by atoms with E-state index in [4.69, 9.17) is 5.26 Å². The number of benzene rings is 1. The standard InChI is InChI=1S/C16H11FN4/c17-13-3-1-11(2-4-13)7-15-16(21-10-20-15)14-8-12(9-18)5-6-19-14/h1-6,8,10H,7H2,(H,20,21). The molecule has 0 aliphatic rings. The van der Waals surface area contributed by atoms with Gasteiger partial charge in [0.25, 0.3) is 0 Å². The van der Waals surface area contributed by atoms with Crippen LogP contribution in [0.25, 0.3) is 11.4 Å². The number of aromatic amines is 1. The van der Waals surface area contributed by atoms with Gasteiger partial charge in [0.05, 0.1) is 23.7 Å². The van der Waals surface area contributed by atoms with Crippen molar-refractivity contribution in [3.05, 3.63) is 71.6 Å². The van der Waals surface area contributed by atoms with Crippen molar-refractivity contribution >= 4 is 0 Å². The number of pyridine rings is 1. The fourth-order valence-corrected chi connectivity index (χ4v) is 2.11. The number of nitrogens with one attached hydrogen (secondary N) is 1. The van der Waals surface area contributed by atoms with Crippen molar-refractivity contribution in [1.29, 1.82) is 5.26 Å². The molecule has 1 N–H and O–H groups in total. The zero-order valence-corrected chi connectivity index (χ0v) is 11.0. The van der Waals surface area contributed by atoms with E-state index in [1.807, 2.05) is 0 Å². The summed E-state index contributed by atoms with van der Waals surface area (Å²) in [5.41, 5.74) is 3.74. The van der Waals surface area contributed by atoms with Gasteiger partial charge in [-0.2, -0.15) is 5.26 Å². The third kappa shape index (κ3) is 2.79. The number of aromatic nitrogens is 3. The largest absolute Gasteiger partial charge is 0.348 e. The third-order valence-electron chi connectivity index (χ3n) is 3.14. The fourth-order valence-electron chi connectivity index (χ4n) is 2.11. The van der Waals surface area contributed by atoms with Crippen molar-refractivity contribution < 1.29 is 4.39 Å². The van der Waals surface area contributed by atoms with Gasteiger partial charge in [-0.15, -0.1) is 0 Å². The average Bonchev–Trinajstić information content (AvgIpc) is 2.98. The molecule has 102 valence electrons. The smallest absolute Gasteiger partial charge is 0.123 e. The molecular formula is C16H11FN4. The summed E-state index contributed by atoms with van der Waals surface area (Å²) in [6.07, 6.45) is 3.77. The normalized spacial score (nSPS) is 10.3. The minimum atomic E-state index is -0.257. The summed E-state index contributed by atoms with van der Waals surface area (Å²) in [6.45, 7) is 0. The summed E-state index contributed by atoms with van der Waals surface area (Å²) < 4.78 is 12.9. The lowest BCUT2D eigenvalue weighted by Gasteiger charge is -2.03. The maximum absolute atomic E-state index is 12.9. The topological polar surface area (TPSA) is 65.4 Å². The zero-order chi connectivity index (χ0) is 14.7. The monoisotopic (exact) mass is 278 g/mol. The Hall–Kier alpha value is -3.00. The van der Waals surface area contributed by atoms with Gasteiger partial charge in [0, 0.05) is 18.3 Å². The lowest BCUT2D eigenvalue weighted by Crippen LogP contribution is -1.94. The number of nitrogens with zero attached hydrogens (tertiary/aromatic N) is 3. The van der Waals surface area contributed by atoms with E-state index in [1.54, 1.807) is 36.8 Å². The second kappa shape index (κ2) is 5.55. The molecule has 0 spiro atoms. The molecule has 0 saturated carbocycles. The molecule has 0 saturated heterocycles.